The number of carbonyl (C=O) groups is 1. The molecule has 3 aromatic rings. The zero-order valence-electron chi connectivity index (χ0n) is 13.9. The number of H-pyrrole nitrogens is 1. The fraction of sp³-hybridized carbons (Fsp3) is 0.222. The molecule has 25 heavy (non-hydrogen) atoms. The molecule has 1 heterocycles. The second kappa shape index (κ2) is 6.72. The third-order valence-electron chi connectivity index (χ3n) is 3.97. The van der Waals surface area contributed by atoms with Gasteiger partial charge in [0.1, 0.15) is 5.82 Å². The molecule has 7 nitrogen and oxygen atoms in total. The molecule has 0 aliphatic rings. The van der Waals surface area contributed by atoms with E-state index in [4.69, 9.17) is 0 Å². The summed E-state index contributed by atoms with van der Waals surface area (Å²) in [6, 6.07) is 13.0. The Morgan fingerprint density at radius 3 is 2.64 bits per heavy atom. The van der Waals surface area contributed by atoms with Crippen LogP contribution in [0.15, 0.2) is 48.5 Å². The number of nitro groups is 1. The van der Waals surface area contributed by atoms with E-state index >= 15 is 0 Å². The van der Waals surface area contributed by atoms with E-state index < -0.39 is 4.92 Å². The summed E-state index contributed by atoms with van der Waals surface area (Å²) < 4.78 is 0. The van der Waals surface area contributed by atoms with Crippen molar-refractivity contribution in [1.82, 2.24) is 15.3 Å². The van der Waals surface area contributed by atoms with Gasteiger partial charge in [-0.15, -0.1) is 0 Å². The summed E-state index contributed by atoms with van der Waals surface area (Å²) in [5, 5.41) is 13.8. The molecule has 0 saturated heterocycles. The maximum Gasteiger partial charge on any atom is 0.270 e. The number of benzene rings is 2. The van der Waals surface area contributed by atoms with Crippen molar-refractivity contribution in [2.24, 2.45) is 5.92 Å². The summed E-state index contributed by atoms with van der Waals surface area (Å²) in [4.78, 5) is 30.7. The van der Waals surface area contributed by atoms with Gasteiger partial charge in [0.25, 0.3) is 11.6 Å². The fourth-order valence-corrected chi connectivity index (χ4v) is 2.66. The smallest absolute Gasteiger partial charge is 0.270 e. The topological polar surface area (TPSA) is 101 Å². The molecule has 2 N–H and O–H groups in total. The van der Waals surface area contributed by atoms with Crippen molar-refractivity contribution < 1.29 is 9.72 Å². The van der Waals surface area contributed by atoms with Gasteiger partial charge in [0.05, 0.1) is 22.0 Å². The molecule has 1 aromatic heterocycles. The standard InChI is InChI=1S/C18H18N4O3/c1-11(2)16(17-19-14-8-3-4-9-15(14)20-17)21-18(23)12-6-5-7-13(10-12)22(24)25/h3-11,16H,1-2H3,(H,19,20)(H,21,23)/t16-/m0/s1. The van der Waals surface area contributed by atoms with Crippen LogP contribution in [0.2, 0.25) is 0 Å². The van der Waals surface area contributed by atoms with Gasteiger partial charge in [-0.3, -0.25) is 14.9 Å². The van der Waals surface area contributed by atoms with Gasteiger partial charge in [0, 0.05) is 17.7 Å². The first-order chi connectivity index (χ1) is 12.0. The maximum absolute atomic E-state index is 12.5. The molecule has 1 atom stereocenters. The van der Waals surface area contributed by atoms with Crippen LogP contribution in [-0.4, -0.2) is 20.8 Å². The van der Waals surface area contributed by atoms with Crippen LogP contribution in [0.3, 0.4) is 0 Å². The van der Waals surface area contributed by atoms with Gasteiger partial charge in [0.2, 0.25) is 0 Å². The summed E-state index contributed by atoms with van der Waals surface area (Å²) >= 11 is 0. The Morgan fingerprint density at radius 2 is 1.96 bits per heavy atom. The molecular formula is C18H18N4O3. The molecule has 0 radical (unpaired) electrons. The van der Waals surface area contributed by atoms with Crippen LogP contribution in [0.1, 0.15) is 36.1 Å². The Balaban J connectivity index is 1.88. The van der Waals surface area contributed by atoms with Crippen LogP contribution in [0.4, 0.5) is 5.69 Å². The Hall–Kier alpha value is -3.22. The lowest BCUT2D eigenvalue weighted by atomic mass is 10.0. The number of carbonyl (C=O) groups excluding carboxylic acids is 1. The van der Waals surface area contributed by atoms with Gasteiger partial charge in [-0.05, 0) is 24.1 Å². The van der Waals surface area contributed by atoms with Crippen molar-refractivity contribution in [3.8, 4) is 0 Å². The van der Waals surface area contributed by atoms with Gasteiger partial charge >= 0.3 is 0 Å². The van der Waals surface area contributed by atoms with E-state index in [0.29, 0.717) is 5.82 Å². The zero-order chi connectivity index (χ0) is 18.0. The quantitative estimate of drug-likeness (QED) is 0.548. The minimum Gasteiger partial charge on any atom is -0.342 e. The summed E-state index contributed by atoms with van der Waals surface area (Å²) in [5.74, 6) is 0.376. The van der Waals surface area contributed by atoms with Crippen LogP contribution in [0.5, 0.6) is 0 Å². The van der Waals surface area contributed by atoms with E-state index in [1.807, 2.05) is 38.1 Å². The maximum atomic E-state index is 12.5. The predicted octanol–water partition coefficient (Wildman–Crippen LogP) is 3.60. The number of aromatic amines is 1. The molecule has 128 valence electrons. The van der Waals surface area contributed by atoms with E-state index in [9.17, 15) is 14.9 Å². The van der Waals surface area contributed by atoms with E-state index in [1.165, 1.54) is 18.2 Å². The summed E-state index contributed by atoms with van der Waals surface area (Å²) in [5.41, 5.74) is 1.86. The van der Waals surface area contributed by atoms with Gasteiger partial charge in [-0.1, -0.05) is 32.0 Å². The summed E-state index contributed by atoms with van der Waals surface area (Å²) in [6.07, 6.45) is 0. The number of amides is 1. The Bertz CT molecular complexity index is 900. The molecule has 2 aromatic carbocycles. The van der Waals surface area contributed by atoms with Gasteiger partial charge in [-0.25, -0.2) is 4.98 Å². The second-order valence-electron chi connectivity index (χ2n) is 6.14. The molecule has 0 bridgehead atoms. The molecule has 0 aliphatic carbocycles. The zero-order valence-corrected chi connectivity index (χ0v) is 13.9. The van der Waals surface area contributed by atoms with Gasteiger partial charge < -0.3 is 10.3 Å². The number of nitrogens with one attached hydrogen (secondary N) is 2. The molecule has 3 rings (SSSR count). The van der Waals surface area contributed by atoms with E-state index in [2.05, 4.69) is 15.3 Å². The predicted molar refractivity (Wildman–Crippen MR) is 94.2 cm³/mol. The number of non-ortho nitro benzene ring substituents is 1. The first-order valence-electron chi connectivity index (χ1n) is 7.95. The third kappa shape index (κ3) is 3.50. The Morgan fingerprint density at radius 1 is 1.20 bits per heavy atom. The van der Waals surface area contributed by atoms with Crippen LogP contribution < -0.4 is 5.32 Å². The first kappa shape index (κ1) is 16.6. The minimum absolute atomic E-state index is 0.0863. The average molecular weight is 338 g/mol. The lowest BCUT2D eigenvalue weighted by molar-refractivity contribution is -0.384. The van der Waals surface area contributed by atoms with Crippen molar-refractivity contribution in [2.75, 3.05) is 0 Å². The molecule has 1 amide bonds. The molecule has 0 saturated carbocycles. The van der Waals surface area contributed by atoms with Crippen LogP contribution in [-0.2, 0) is 0 Å². The lowest BCUT2D eigenvalue weighted by Gasteiger charge is -2.20. The molecule has 0 fully saturated rings. The van der Waals surface area contributed by atoms with Crippen molar-refractivity contribution in [1.29, 1.82) is 0 Å². The molecule has 0 spiro atoms. The fourth-order valence-electron chi connectivity index (χ4n) is 2.66. The van der Waals surface area contributed by atoms with Crippen molar-refractivity contribution in [3.05, 3.63) is 70.0 Å². The SMILES string of the molecule is CC(C)[C@H](NC(=O)c1cccc([N+](=O)[O-])c1)c1nc2ccccc2[nH]1. The number of hydrogen-bond donors (Lipinski definition) is 2. The number of aromatic nitrogens is 2. The van der Waals surface area contributed by atoms with E-state index in [1.54, 1.807) is 6.07 Å². The normalized spacial score (nSPS) is 12.3. The number of nitro benzene ring substituents is 1. The largest absolute Gasteiger partial charge is 0.342 e. The number of imidazole rings is 1. The van der Waals surface area contributed by atoms with E-state index in [0.717, 1.165) is 11.0 Å². The highest BCUT2D eigenvalue weighted by molar-refractivity contribution is 5.95. The van der Waals surface area contributed by atoms with Crippen molar-refractivity contribution >= 4 is 22.6 Å². The third-order valence-corrected chi connectivity index (χ3v) is 3.97. The number of rotatable bonds is 5. The summed E-state index contributed by atoms with van der Waals surface area (Å²) in [7, 11) is 0. The van der Waals surface area contributed by atoms with Gasteiger partial charge in [0.15, 0.2) is 0 Å². The molecule has 0 unspecified atom stereocenters. The first-order valence-corrected chi connectivity index (χ1v) is 7.95. The average Bonchev–Trinajstić information content (AvgIpc) is 3.02. The Labute approximate surface area is 144 Å². The summed E-state index contributed by atoms with van der Waals surface area (Å²) in [6.45, 7) is 3.96. The number of para-hydroxylation sites is 2. The number of hydrogen-bond acceptors (Lipinski definition) is 4. The second-order valence-corrected chi connectivity index (χ2v) is 6.14. The molecule has 7 heteroatoms. The Kier molecular flexibility index (Phi) is 4.47. The minimum atomic E-state index is -0.518. The van der Waals surface area contributed by atoms with Crippen LogP contribution in [0, 0.1) is 16.0 Å². The molecule has 0 aliphatic heterocycles. The van der Waals surface area contributed by atoms with Crippen molar-refractivity contribution in [2.45, 2.75) is 19.9 Å². The highest BCUT2D eigenvalue weighted by atomic mass is 16.6. The molecular weight excluding hydrogens is 320 g/mol. The highest BCUT2D eigenvalue weighted by Crippen LogP contribution is 2.23. The van der Waals surface area contributed by atoms with Crippen molar-refractivity contribution in [3.63, 3.8) is 0 Å². The monoisotopic (exact) mass is 338 g/mol. The highest BCUT2D eigenvalue weighted by Gasteiger charge is 2.23. The van der Waals surface area contributed by atoms with Crippen LogP contribution in [0.25, 0.3) is 11.0 Å². The lowest BCUT2D eigenvalue weighted by Crippen LogP contribution is -2.32. The number of fused-ring (bicyclic) bond motifs is 1. The van der Waals surface area contributed by atoms with Crippen LogP contribution >= 0.6 is 0 Å². The van der Waals surface area contributed by atoms with Gasteiger partial charge in [-0.2, -0.15) is 0 Å². The van der Waals surface area contributed by atoms with E-state index in [-0.39, 0.29) is 29.1 Å². The number of nitrogens with zero attached hydrogens (tertiary/aromatic N) is 2.